The third kappa shape index (κ3) is 72.2. The molecular formula is C78H152O17P2. The Morgan fingerprint density at radius 1 is 0.278 bits per heavy atom. The van der Waals surface area contributed by atoms with Gasteiger partial charge in [-0.25, -0.2) is 9.13 Å². The van der Waals surface area contributed by atoms with E-state index in [0.717, 1.165) is 95.8 Å². The smallest absolute Gasteiger partial charge is 0.462 e. The number of aliphatic hydroxyl groups is 1. The van der Waals surface area contributed by atoms with Crippen LogP contribution in [0.15, 0.2) is 0 Å². The summed E-state index contributed by atoms with van der Waals surface area (Å²) in [5, 5.41) is 10.6. The van der Waals surface area contributed by atoms with Gasteiger partial charge in [0.05, 0.1) is 26.4 Å². The number of hydrogen-bond donors (Lipinski definition) is 3. The van der Waals surface area contributed by atoms with Crippen molar-refractivity contribution in [3.05, 3.63) is 0 Å². The molecule has 0 aromatic heterocycles. The Bertz CT molecular complexity index is 1860. The van der Waals surface area contributed by atoms with Gasteiger partial charge in [-0.1, -0.05) is 362 Å². The molecule has 0 saturated carbocycles. The van der Waals surface area contributed by atoms with Gasteiger partial charge in [0.1, 0.15) is 19.3 Å². The topological polar surface area (TPSA) is 237 Å². The quantitative estimate of drug-likeness (QED) is 0.0222. The van der Waals surface area contributed by atoms with Crippen molar-refractivity contribution in [2.24, 2.45) is 5.92 Å². The molecule has 0 aliphatic rings. The minimum absolute atomic E-state index is 0.106. The molecule has 0 amide bonds. The van der Waals surface area contributed by atoms with E-state index in [-0.39, 0.29) is 25.7 Å². The van der Waals surface area contributed by atoms with Crippen LogP contribution < -0.4 is 0 Å². The van der Waals surface area contributed by atoms with E-state index < -0.39 is 97.5 Å². The lowest BCUT2D eigenvalue weighted by atomic mass is 10.0. The summed E-state index contributed by atoms with van der Waals surface area (Å²) in [6.45, 7) is 7.29. The molecule has 17 nitrogen and oxygen atoms in total. The fourth-order valence-electron chi connectivity index (χ4n) is 12.1. The van der Waals surface area contributed by atoms with E-state index >= 15 is 0 Å². The van der Waals surface area contributed by atoms with E-state index in [4.69, 9.17) is 37.0 Å². The van der Waals surface area contributed by atoms with Crippen LogP contribution in [0, 0.1) is 5.92 Å². The van der Waals surface area contributed by atoms with Gasteiger partial charge in [0.15, 0.2) is 12.2 Å². The van der Waals surface area contributed by atoms with Crippen molar-refractivity contribution in [3.8, 4) is 0 Å². The number of ether oxygens (including phenoxy) is 4. The van der Waals surface area contributed by atoms with Crippen molar-refractivity contribution in [1.82, 2.24) is 0 Å². The van der Waals surface area contributed by atoms with E-state index in [2.05, 4.69) is 34.6 Å². The molecule has 97 heavy (non-hydrogen) atoms. The molecule has 0 heterocycles. The van der Waals surface area contributed by atoms with Gasteiger partial charge >= 0.3 is 39.5 Å². The number of phosphoric ester groups is 2. The zero-order valence-corrected chi connectivity index (χ0v) is 65.0. The fourth-order valence-corrected chi connectivity index (χ4v) is 13.6. The second-order valence-corrected chi connectivity index (χ2v) is 31.5. The minimum atomic E-state index is -4.96. The Hall–Kier alpha value is -1.94. The second kappa shape index (κ2) is 71.1. The number of rotatable bonds is 78. The van der Waals surface area contributed by atoms with Crippen LogP contribution in [0.3, 0.4) is 0 Å². The molecular weight excluding hydrogens is 1270 g/mol. The van der Waals surface area contributed by atoms with Crippen LogP contribution in [0.2, 0.25) is 0 Å². The number of unbranched alkanes of at least 4 members (excludes halogenated alkanes) is 50. The van der Waals surface area contributed by atoms with E-state index in [0.29, 0.717) is 25.7 Å². The van der Waals surface area contributed by atoms with Gasteiger partial charge < -0.3 is 33.8 Å². The summed E-state index contributed by atoms with van der Waals surface area (Å²) >= 11 is 0. The molecule has 0 saturated heterocycles. The van der Waals surface area contributed by atoms with Crippen LogP contribution in [-0.4, -0.2) is 96.7 Å². The van der Waals surface area contributed by atoms with Gasteiger partial charge in [-0.3, -0.25) is 37.3 Å². The average molecular weight is 1420 g/mol. The molecule has 0 rings (SSSR count). The first-order chi connectivity index (χ1) is 47.0. The molecule has 0 fully saturated rings. The van der Waals surface area contributed by atoms with Gasteiger partial charge in [0.2, 0.25) is 0 Å². The minimum Gasteiger partial charge on any atom is -0.462 e. The first-order valence-electron chi connectivity index (χ1n) is 40.6. The molecule has 2 unspecified atom stereocenters. The van der Waals surface area contributed by atoms with Gasteiger partial charge in [0.25, 0.3) is 0 Å². The third-order valence-corrected chi connectivity index (χ3v) is 20.2. The highest BCUT2D eigenvalue weighted by molar-refractivity contribution is 7.47. The lowest BCUT2D eigenvalue weighted by Crippen LogP contribution is -2.30. The van der Waals surface area contributed by atoms with Crippen molar-refractivity contribution >= 4 is 39.5 Å². The Kier molecular flexibility index (Phi) is 69.6. The maximum atomic E-state index is 13.1. The molecule has 0 aliphatic carbocycles. The highest BCUT2D eigenvalue weighted by Crippen LogP contribution is 2.45. The van der Waals surface area contributed by atoms with E-state index in [1.165, 1.54) is 238 Å². The molecule has 576 valence electrons. The third-order valence-electron chi connectivity index (χ3n) is 18.3. The Balaban J connectivity index is 5.23. The van der Waals surface area contributed by atoms with Crippen LogP contribution in [0.1, 0.15) is 413 Å². The molecule has 0 aromatic rings. The normalized spacial score (nSPS) is 13.9. The monoisotopic (exact) mass is 1420 g/mol. The summed E-state index contributed by atoms with van der Waals surface area (Å²) < 4.78 is 68.6. The molecule has 19 heteroatoms. The lowest BCUT2D eigenvalue weighted by Gasteiger charge is -2.21. The number of carbonyl (C=O) groups is 4. The first kappa shape index (κ1) is 95.1. The van der Waals surface area contributed by atoms with Crippen LogP contribution in [0.5, 0.6) is 0 Å². The number of esters is 4. The van der Waals surface area contributed by atoms with Crippen molar-refractivity contribution < 1.29 is 80.2 Å². The Labute approximate surface area is 594 Å². The summed E-state index contributed by atoms with van der Waals surface area (Å²) in [6.07, 6.45) is 61.0. The predicted octanol–water partition coefficient (Wildman–Crippen LogP) is 23.3. The zero-order chi connectivity index (χ0) is 71.2. The van der Waals surface area contributed by atoms with Crippen LogP contribution >= 0.6 is 15.6 Å². The predicted molar refractivity (Wildman–Crippen MR) is 395 cm³/mol. The lowest BCUT2D eigenvalue weighted by molar-refractivity contribution is -0.161. The largest absolute Gasteiger partial charge is 0.472 e. The van der Waals surface area contributed by atoms with Crippen LogP contribution in [-0.2, 0) is 65.4 Å². The zero-order valence-electron chi connectivity index (χ0n) is 63.2. The average Bonchev–Trinajstić information content (AvgIpc) is 1.78. The second-order valence-electron chi connectivity index (χ2n) is 28.6. The molecule has 0 aliphatic heterocycles. The summed E-state index contributed by atoms with van der Waals surface area (Å²) in [6, 6.07) is 0. The summed E-state index contributed by atoms with van der Waals surface area (Å²) in [7, 11) is -9.91. The van der Waals surface area contributed by atoms with Gasteiger partial charge in [-0.2, -0.15) is 0 Å². The van der Waals surface area contributed by atoms with E-state index in [1.54, 1.807) is 0 Å². The maximum absolute atomic E-state index is 13.1. The highest BCUT2D eigenvalue weighted by Gasteiger charge is 2.30. The van der Waals surface area contributed by atoms with Crippen molar-refractivity contribution in [2.45, 2.75) is 432 Å². The fraction of sp³-hybridized carbons (Fsp3) is 0.949. The van der Waals surface area contributed by atoms with Crippen molar-refractivity contribution in [1.29, 1.82) is 0 Å². The van der Waals surface area contributed by atoms with E-state index in [1.807, 2.05) is 0 Å². The Morgan fingerprint density at radius 2 is 0.474 bits per heavy atom. The number of phosphoric acid groups is 2. The highest BCUT2D eigenvalue weighted by atomic mass is 31.2. The summed E-state index contributed by atoms with van der Waals surface area (Å²) in [4.78, 5) is 72.9. The number of carbonyl (C=O) groups excluding carboxylic acids is 4. The SMILES string of the molecule is CCCCCCCCCCCCCCCCCCCCCC(=O)O[C@H](COC(=O)CCCCCCCCCCCCCCCCC)COP(=O)(O)OC[C@@H](O)COP(=O)(O)OC[C@@H](COC(=O)CCCCCCCCCCCC)OC(=O)CCCCCCCCCCCCC(C)C. The maximum Gasteiger partial charge on any atom is 0.472 e. The van der Waals surface area contributed by atoms with E-state index in [9.17, 15) is 43.2 Å². The molecule has 0 radical (unpaired) electrons. The molecule has 0 aromatic carbocycles. The molecule has 0 bridgehead atoms. The van der Waals surface area contributed by atoms with Crippen LogP contribution in [0.4, 0.5) is 0 Å². The standard InChI is InChI=1S/C78H152O17P2/c1-6-9-12-15-18-21-24-26-28-29-30-31-33-35-37-43-48-53-58-63-77(82)94-74(68-89-76(81)62-57-52-47-42-36-34-32-27-25-22-19-16-13-10-7-2)70-93-97(86,87)91-66-72(79)65-90-96(84,85)92-69-73(67-88-75(80)61-56-51-46-41-23-20-17-14-11-8-3)95-78(83)64-59-54-49-44-39-38-40-45-50-55-60-71(4)5/h71-74,79H,6-70H2,1-5H3,(H,84,85)(H,86,87)/t72-,73+,74+/m0/s1. The van der Waals surface area contributed by atoms with Crippen LogP contribution in [0.25, 0.3) is 0 Å². The van der Waals surface area contributed by atoms with Crippen molar-refractivity contribution in [3.63, 3.8) is 0 Å². The van der Waals surface area contributed by atoms with Gasteiger partial charge in [-0.05, 0) is 31.6 Å². The summed E-state index contributed by atoms with van der Waals surface area (Å²) in [5.74, 6) is -1.36. The van der Waals surface area contributed by atoms with Gasteiger partial charge in [0, 0.05) is 25.7 Å². The number of aliphatic hydroxyl groups excluding tert-OH is 1. The summed E-state index contributed by atoms with van der Waals surface area (Å²) in [5.41, 5.74) is 0. The molecule has 3 N–H and O–H groups in total. The molecule has 5 atom stereocenters. The van der Waals surface area contributed by atoms with Gasteiger partial charge in [-0.15, -0.1) is 0 Å². The first-order valence-corrected chi connectivity index (χ1v) is 43.6. The van der Waals surface area contributed by atoms with Crippen molar-refractivity contribution in [2.75, 3.05) is 39.6 Å². The number of hydrogen-bond acceptors (Lipinski definition) is 15. The Morgan fingerprint density at radius 3 is 0.701 bits per heavy atom. The molecule has 0 spiro atoms.